The largest absolute Gasteiger partial charge is 0.573 e. The normalized spacial score (nSPS) is 17.3. The first-order chi connectivity index (χ1) is 12.3. The average molecular weight is 502 g/mol. The van der Waals surface area contributed by atoms with E-state index < -0.39 is 6.36 Å². The van der Waals surface area contributed by atoms with Crippen LogP contribution in [0.5, 0.6) is 5.75 Å². The maximum Gasteiger partial charge on any atom is 0.573 e. The lowest BCUT2D eigenvalue weighted by Crippen LogP contribution is -2.47. The van der Waals surface area contributed by atoms with Crippen molar-refractivity contribution in [3.8, 4) is 5.75 Å². The number of ether oxygens (including phenoxy) is 2. The molecular weight excluding hydrogens is 476 g/mol. The van der Waals surface area contributed by atoms with Crippen molar-refractivity contribution in [2.45, 2.75) is 26.3 Å². The molecule has 1 aliphatic heterocycles. The minimum absolute atomic E-state index is 0. The van der Waals surface area contributed by atoms with Gasteiger partial charge in [0.2, 0.25) is 0 Å². The molecule has 6 nitrogen and oxygen atoms in total. The van der Waals surface area contributed by atoms with E-state index in [1.807, 2.05) is 0 Å². The van der Waals surface area contributed by atoms with Gasteiger partial charge in [-0.2, -0.15) is 0 Å². The van der Waals surface area contributed by atoms with Gasteiger partial charge in [-0.25, -0.2) is 0 Å². The van der Waals surface area contributed by atoms with Crippen LogP contribution in [0, 0.1) is 5.92 Å². The summed E-state index contributed by atoms with van der Waals surface area (Å²) in [5.74, 6) is 0.0411. The van der Waals surface area contributed by atoms with Gasteiger partial charge in [-0.1, -0.05) is 26.0 Å². The highest BCUT2D eigenvalue weighted by Gasteiger charge is 2.32. The Morgan fingerprint density at radius 2 is 1.93 bits per heavy atom. The Labute approximate surface area is 174 Å². The molecule has 0 bridgehead atoms. The Kier molecular flexibility index (Phi) is 9.60. The average Bonchev–Trinajstić information content (AvgIpc) is 2.56. The zero-order valence-electron chi connectivity index (χ0n) is 15.3. The van der Waals surface area contributed by atoms with Crippen LogP contribution < -0.4 is 15.8 Å². The first kappa shape index (κ1) is 23.8. The molecular formula is C17H26F3IN4O2. The minimum Gasteiger partial charge on any atom is -0.404 e. The molecule has 0 amide bonds. The number of nitrogens with two attached hydrogens (primary N) is 1. The van der Waals surface area contributed by atoms with Crippen LogP contribution in [0.15, 0.2) is 29.3 Å². The molecule has 0 aliphatic carbocycles. The van der Waals surface area contributed by atoms with Crippen LogP contribution in [0.4, 0.5) is 18.9 Å². The Hall–Kier alpha value is -1.27. The molecule has 1 aromatic carbocycles. The number of guanidine groups is 1. The molecule has 1 heterocycles. The smallest absolute Gasteiger partial charge is 0.404 e. The lowest BCUT2D eigenvalue weighted by Gasteiger charge is -2.36. The molecule has 1 unspecified atom stereocenters. The SMILES string of the molecule is CC(C)C(CN=C(N)Nc1ccccc1OC(F)(F)F)N1CCOCC1.I. The van der Waals surface area contributed by atoms with Crippen LogP contribution in [0.2, 0.25) is 0 Å². The summed E-state index contributed by atoms with van der Waals surface area (Å²) in [5.41, 5.74) is 5.98. The molecule has 27 heavy (non-hydrogen) atoms. The molecule has 0 spiro atoms. The number of halogens is 4. The number of aliphatic imine (C=N–C) groups is 1. The number of nitrogens with zero attached hydrogens (tertiary/aromatic N) is 2. The molecule has 154 valence electrons. The van der Waals surface area contributed by atoms with Gasteiger partial charge in [-0.05, 0) is 18.1 Å². The summed E-state index contributed by atoms with van der Waals surface area (Å²) in [6, 6.07) is 5.89. The first-order valence-corrected chi connectivity index (χ1v) is 8.50. The number of morpholine rings is 1. The van der Waals surface area contributed by atoms with Crippen molar-refractivity contribution >= 4 is 35.6 Å². The van der Waals surface area contributed by atoms with Crippen LogP contribution in [-0.2, 0) is 4.74 Å². The molecule has 3 N–H and O–H groups in total. The van der Waals surface area contributed by atoms with Crippen LogP contribution in [-0.4, -0.2) is 56.1 Å². The van der Waals surface area contributed by atoms with Crippen LogP contribution in [0.3, 0.4) is 0 Å². The van der Waals surface area contributed by atoms with Crippen LogP contribution in [0.25, 0.3) is 0 Å². The van der Waals surface area contributed by atoms with Gasteiger partial charge in [0.05, 0.1) is 25.4 Å². The summed E-state index contributed by atoms with van der Waals surface area (Å²) in [5, 5.41) is 2.69. The zero-order valence-corrected chi connectivity index (χ0v) is 17.7. The lowest BCUT2D eigenvalue weighted by atomic mass is 10.0. The summed E-state index contributed by atoms with van der Waals surface area (Å²) in [7, 11) is 0. The summed E-state index contributed by atoms with van der Waals surface area (Å²) >= 11 is 0. The second-order valence-electron chi connectivity index (χ2n) is 6.35. The van der Waals surface area contributed by atoms with Crippen molar-refractivity contribution in [3.63, 3.8) is 0 Å². The van der Waals surface area contributed by atoms with E-state index in [-0.39, 0.29) is 47.4 Å². The van der Waals surface area contributed by atoms with E-state index in [0.717, 1.165) is 13.1 Å². The standard InChI is InChI=1S/C17H25F3N4O2.HI/c1-12(2)14(24-7-9-25-10-8-24)11-22-16(21)23-13-5-3-4-6-15(13)26-17(18,19)20;/h3-6,12,14H,7-11H2,1-2H3,(H3,21,22,23);1H. The number of hydrogen-bond acceptors (Lipinski definition) is 4. The highest BCUT2D eigenvalue weighted by atomic mass is 127. The molecule has 1 atom stereocenters. The Balaban J connectivity index is 0.00000364. The summed E-state index contributed by atoms with van der Waals surface area (Å²) < 4.78 is 46.8. The van der Waals surface area contributed by atoms with E-state index in [4.69, 9.17) is 10.5 Å². The molecule has 1 saturated heterocycles. The molecule has 10 heteroatoms. The number of benzene rings is 1. The monoisotopic (exact) mass is 502 g/mol. The van der Waals surface area contributed by atoms with Crippen molar-refractivity contribution < 1.29 is 22.6 Å². The number of rotatable bonds is 6. The van der Waals surface area contributed by atoms with Gasteiger partial charge < -0.3 is 20.5 Å². The summed E-state index contributed by atoms with van der Waals surface area (Å²) in [6.45, 7) is 7.67. The van der Waals surface area contributed by atoms with Crippen molar-refractivity contribution in [2.24, 2.45) is 16.6 Å². The fourth-order valence-corrected chi connectivity index (χ4v) is 2.81. The fourth-order valence-electron chi connectivity index (χ4n) is 2.81. The number of alkyl halides is 3. The fraction of sp³-hybridized carbons (Fsp3) is 0.588. The molecule has 0 aromatic heterocycles. The van der Waals surface area contributed by atoms with Gasteiger partial charge in [0, 0.05) is 19.1 Å². The number of anilines is 1. The van der Waals surface area contributed by atoms with Gasteiger partial charge in [0.15, 0.2) is 11.7 Å². The van der Waals surface area contributed by atoms with E-state index in [0.29, 0.717) is 25.7 Å². The van der Waals surface area contributed by atoms with Crippen LogP contribution in [0.1, 0.15) is 13.8 Å². The molecule has 0 radical (unpaired) electrons. The molecule has 1 fully saturated rings. The lowest BCUT2D eigenvalue weighted by molar-refractivity contribution is -0.274. The van der Waals surface area contributed by atoms with Gasteiger partial charge in [-0.3, -0.25) is 9.89 Å². The highest BCUT2D eigenvalue weighted by molar-refractivity contribution is 14.0. The van der Waals surface area contributed by atoms with E-state index in [9.17, 15) is 13.2 Å². The number of nitrogens with one attached hydrogen (secondary N) is 1. The summed E-state index contributed by atoms with van der Waals surface area (Å²) in [6.07, 6.45) is -4.78. The maximum absolute atomic E-state index is 12.5. The predicted octanol–water partition coefficient (Wildman–Crippen LogP) is 3.29. The summed E-state index contributed by atoms with van der Waals surface area (Å²) in [4.78, 5) is 6.62. The zero-order chi connectivity index (χ0) is 19.2. The van der Waals surface area contributed by atoms with E-state index in [2.05, 4.69) is 33.8 Å². The first-order valence-electron chi connectivity index (χ1n) is 8.50. The van der Waals surface area contributed by atoms with Gasteiger partial charge in [0.1, 0.15) is 0 Å². The Morgan fingerprint density at radius 3 is 2.52 bits per heavy atom. The topological polar surface area (TPSA) is 72.1 Å². The molecule has 0 saturated carbocycles. The highest BCUT2D eigenvalue weighted by Crippen LogP contribution is 2.29. The molecule has 2 rings (SSSR count). The van der Waals surface area contributed by atoms with Crippen molar-refractivity contribution in [2.75, 3.05) is 38.2 Å². The predicted molar refractivity (Wildman–Crippen MR) is 110 cm³/mol. The van der Waals surface area contributed by atoms with Crippen molar-refractivity contribution in [1.82, 2.24) is 4.90 Å². The van der Waals surface area contributed by atoms with Crippen LogP contribution >= 0.6 is 24.0 Å². The third kappa shape index (κ3) is 8.09. The maximum atomic E-state index is 12.5. The van der Waals surface area contributed by atoms with Gasteiger partial charge in [0.25, 0.3) is 0 Å². The van der Waals surface area contributed by atoms with E-state index in [1.165, 1.54) is 18.2 Å². The Morgan fingerprint density at radius 1 is 1.30 bits per heavy atom. The quantitative estimate of drug-likeness (QED) is 0.355. The second kappa shape index (κ2) is 10.9. The number of para-hydroxylation sites is 2. The third-order valence-electron chi connectivity index (χ3n) is 4.11. The second-order valence-corrected chi connectivity index (χ2v) is 6.35. The molecule has 1 aliphatic rings. The van der Waals surface area contributed by atoms with Gasteiger partial charge >= 0.3 is 6.36 Å². The minimum atomic E-state index is -4.78. The molecule has 1 aromatic rings. The third-order valence-corrected chi connectivity index (χ3v) is 4.11. The van der Waals surface area contributed by atoms with Gasteiger partial charge in [-0.15, -0.1) is 37.1 Å². The van der Waals surface area contributed by atoms with E-state index >= 15 is 0 Å². The van der Waals surface area contributed by atoms with Crippen molar-refractivity contribution in [3.05, 3.63) is 24.3 Å². The van der Waals surface area contributed by atoms with E-state index in [1.54, 1.807) is 6.07 Å². The Bertz CT molecular complexity index is 608. The number of hydrogen-bond donors (Lipinski definition) is 2. The van der Waals surface area contributed by atoms with Crippen molar-refractivity contribution in [1.29, 1.82) is 0 Å².